The molecule has 0 radical (unpaired) electrons. The van der Waals surface area contributed by atoms with Gasteiger partial charge in [-0.25, -0.2) is 0 Å². The fourth-order valence-electron chi connectivity index (χ4n) is 2.88. The van der Waals surface area contributed by atoms with Crippen LogP contribution in [0.25, 0.3) is 0 Å². The molecule has 0 heterocycles. The fourth-order valence-corrected chi connectivity index (χ4v) is 2.88. The van der Waals surface area contributed by atoms with Crippen molar-refractivity contribution in [2.75, 3.05) is 19.6 Å². The Morgan fingerprint density at radius 1 is 0.789 bits per heavy atom. The lowest BCUT2D eigenvalue weighted by molar-refractivity contribution is 0.264. The SMILES string of the molecule is CCCCCCCCCCCCN(CCN)C1CC1. The molecule has 0 unspecified atom stereocenters. The predicted octanol–water partition coefficient (Wildman–Crippen LogP) is 4.33. The Hall–Kier alpha value is -0.0800. The molecule has 0 aromatic rings. The van der Waals surface area contributed by atoms with Gasteiger partial charge >= 0.3 is 0 Å². The summed E-state index contributed by atoms with van der Waals surface area (Å²) in [7, 11) is 0. The van der Waals surface area contributed by atoms with E-state index >= 15 is 0 Å². The lowest BCUT2D eigenvalue weighted by Crippen LogP contribution is -2.32. The molecule has 0 aromatic heterocycles. The molecule has 0 aliphatic heterocycles. The van der Waals surface area contributed by atoms with E-state index in [1.807, 2.05) is 0 Å². The molecular weight excluding hydrogens is 232 g/mol. The number of hydrogen-bond acceptors (Lipinski definition) is 2. The Morgan fingerprint density at radius 2 is 1.32 bits per heavy atom. The minimum atomic E-state index is 0.828. The molecule has 114 valence electrons. The van der Waals surface area contributed by atoms with E-state index < -0.39 is 0 Å². The Labute approximate surface area is 121 Å². The maximum absolute atomic E-state index is 5.67. The molecule has 0 saturated heterocycles. The second-order valence-electron chi connectivity index (χ2n) is 6.24. The van der Waals surface area contributed by atoms with Gasteiger partial charge in [-0.3, -0.25) is 4.90 Å². The predicted molar refractivity (Wildman–Crippen MR) is 85.5 cm³/mol. The van der Waals surface area contributed by atoms with Gasteiger partial charge in [0, 0.05) is 19.1 Å². The molecule has 0 atom stereocenters. The zero-order chi connectivity index (χ0) is 13.8. The number of unbranched alkanes of at least 4 members (excludes halogenated alkanes) is 9. The summed E-state index contributed by atoms with van der Waals surface area (Å²) in [6.45, 7) is 5.52. The minimum Gasteiger partial charge on any atom is -0.329 e. The normalized spacial score (nSPS) is 15.3. The summed E-state index contributed by atoms with van der Waals surface area (Å²) in [4.78, 5) is 2.62. The molecule has 2 heteroatoms. The first-order valence-electron chi connectivity index (χ1n) is 8.82. The number of nitrogens with zero attached hydrogens (tertiary/aromatic N) is 1. The van der Waals surface area contributed by atoms with Crippen LogP contribution >= 0.6 is 0 Å². The molecule has 1 aliphatic rings. The summed E-state index contributed by atoms with van der Waals surface area (Å²) < 4.78 is 0. The highest BCUT2D eigenvalue weighted by atomic mass is 15.2. The van der Waals surface area contributed by atoms with Crippen molar-refractivity contribution in [1.82, 2.24) is 4.90 Å². The van der Waals surface area contributed by atoms with Crippen LogP contribution in [0.15, 0.2) is 0 Å². The van der Waals surface area contributed by atoms with Crippen LogP contribution in [0.3, 0.4) is 0 Å². The van der Waals surface area contributed by atoms with Crippen molar-refractivity contribution in [3.63, 3.8) is 0 Å². The highest BCUT2D eigenvalue weighted by molar-refractivity contribution is 4.84. The number of nitrogens with two attached hydrogens (primary N) is 1. The van der Waals surface area contributed by atoms with Crippen LogP contribution in [0.1, 0.15) is 84.0 Å². The Kier molecular flexibility index (Phi) is 10.5. The van der Waals surface area contributed by atoms with Crippen molar-refractivity contribution in [3.8, 4) is 0 Å². The van der Waals surface area contributed by atoms with Crippen molar-refractivity contribution in [2.24, 2.45) is 5.73 Å². The van der Waals surface area contributed by atoms with E-state index in [4.69, 9.17) is 5.73 Å². The van der Waals surface area contributed by atoms with Crippen molar-refractivity contribution in [2.45, 2.75) is 90.0 Å². The van der Waals surface area contributed by atoms with Crippen molar-refractivity contribution in [1.29, 1.82) is 0 Å². The molecule has 0 bridgehead atoms. The summed E-state index contributed by atoms with van der Waals surface area (Å²) in [5.74, 6) is 0. The van der Waals surface area contributed by atoms with Gasteiger partial charge in [-0.05, 0) is 25.8 Å². The first-order valence-corrected chi connectivity index (χ1v) is 8.82. The molecule has 1 saturated carbocycles. The lowest BCUT2D eigenvalue weighted by atomic mass is 10.1. The van der Waals surface area contributed by atoms with Gasteiger partial charge in [-0.1, -0.05) is 64.7 Å². The van der Waals surface area contributed by atoms with Gasteiger partial charge < -0.3 is 5.73 Å². The largest absolute Gasteiger partial charge is 0.329 e. The van der Waals surface area contributed by atoms with Gasteiger partial charge in [0.25, 0.3) is 0 Å². The Bertz CT molecular complexity index is 190. The zero-order valence-corrected chi connectivity index (χ0v) is 13.2. The molecule has 0 amide bonds. The molecule has 2 nitrogen and oxygen atoms in total. The molecule has 0 spiro atoms. The highest BCUT2D eigenvalue weighted by Crippen LogP contribution is 2.26. The van der Waals surface area contributed by atoms with E-state index in [9.17, 15) is 0 Å². The number of rotatable bonds is 14. The van der Waals surface area contributed by atoms with E-state index in [1.54, 1.807) is 0 Å². The first kappa shape index (κ1) is 17.0. The van der Waals surface area contributed by atoms with Crippen LogP contribution in [0.2, 0.25) is 0 Å². The first-order chi connectivity index (χ1) is 9.38. The van der Waals surface area contributed by atoms with Gasteiger partial charge in [0.1, 0.15) is 0 Å². The molecule has 2 N–H and O–H groups in total. The average molecular weight is 268 g/mol. The van der Waals surface area contributed by atoms with E-state index in [2.05, 4.69) is 11.8 Å². The topological polar surface area (TPSA) is 29.3 Å². The third kappa shape index (κ3) is 9.45. The Balaban J connectivity index is 1.80. The van der Waals surface area contributed by atoms with Crippen LogP contribution in [-0.2, 0) is 0 Å². The van der Waals surface area contributed by atoms with Crippen LogP contribution < -0.4 is 5.73 Å². The third-order valence-electron chi connectivity index (χ3n) is 4.28. The molecule has 1 rings (SSSR count). The van der Waals surface area contributed by atoms with E-state index in [-0.39, 0.29) is 0 Å². The molecule has 0 aromatic carbocycles. The summed E-state index contributed by atoms with van der Waals surface area (Å²) >= 11 is 0. The van der Waals surface area contributed by atoms with Gasteiger partial charge in [0.15, 0.2) is 0 Å². The van der Waals surface area contributed by atoms with E-state index in [1.165, 1.54) is 83.6 Å². The molecule has 1 fully saturated rings. The summed E-state index contributed by atoms with van der Waals surface area (Å²) in [5, 5.41) is 0. The van der Waals surface area contributed by atoms with E-state index in [0.29, 0.717) is 0 Å². The minimum absolute atomic E-state index is 0.828. The second-order valence-corrected chi connectivity index (χ2v) is 6.24. The zero-order valence-electron chi connectivity index (χ0n) is 13.2. The summed E-state index contributed by atoms with van der Waals surface area (Å²) in [5.41, 5.74) is 5.67. The quantitative estimate of drug-likeness (QED) is 0.475. The fraction of sp³-hybridized carbons (Fsp3) is 1.00. The average Bonchev–Trinajstić information content (AvgIpc) is 3.24. The highest BCUT2D eigenvalue weighted by Gasteiger charge is 2.27. The standard InChI is InChI=1S/C17H36N2/c1-2-3-4-5-6-7-8-9-10-11-15-19(16-14-18)17-12-13-17/h17H,2-16,18H2,1H3. The molecular formula is C17H36N2. The van der Waals surface area contributed by atoms with Gasteiger partial charge in [-0.15, -0.1) is 0 Å². The molecule has 1 aliphatic carbocycles. The summed E-state index contributed by atoms with van der Waals surface area (Å²) in [6.07, 6.45) is 17.1. The van der Waals surface area contributed by atoms with Crippen molar-refractivity contribution in [3.05, 3.63) is 0 Å². The monoisotopic (exact) mass is 268 g/mol. The van der Waals surface area contributed by atoms with Crippen LogP contribution in [-0.4, -0.2) is 30.6 Å². The maximum atomic E-state index is 5.67. The maximum Gasteiger partial charge on any atom is 0.0108 e. The van der Waals surface area contributed by atoms with Gasteiger partial charge in [-0.2, -0.15) is 0 Å². The van der Waals surface area contributed by atoms with Crippen molar-refractivity contribution >= 4 is 0 Å². The second kappa shape index (κ2) is 11.7. The lowest BCUT2D eigenvalue weighted by Gasteiger charge is -2.20. The van der Waals surface area contributed by atoms with E-state index in [0.717, 1.165) is 19.1 Å². The third-order valence-corrected chi connectivity index (χ3v) is 4.28. The van der Waals surface area contributed by atoms with Gasteiger partial charge in [0.2, 0.25) is 0 Å². The van der Waals surface area contributed by atoms with Crippen molar-refractivity contribution < 1.29 is 0 Å². The number of hydrogen-bond donors (Lipinski definition) is 1. The van der Waals surface area contributed by atoms with Gasteiger partial charge in [0.05, 0.1) is 0 Å². The Morgan fingerprint density at radius 3 is 1.79 bits per heavy atom. The summed E-state index contributed by atoms with van der Waals surface area (Å²) in [6, 6.07) is 0.891. The van der Waals surface area contributed by atoms with Crippen LogP contribution in [0, 0.1) is 0 Å². The van der Waals surface area contributed by atoms with Crippen LogP contribution in [0.5, 0.6) is 0 Å². The van der Waals surface area contributed by atoms with Crippen LogP contribution in [0.4, 0.5) is 0 Å². The molecule has 19 heavy (non-hydrogen) atoms. The smallest absolute Gasteiger partial charge is 0.0108 e.